The highest BCUT2D eigenvalue weighted by atomic mass is 35.5. The number of aromatic nitrogens is 2. The molecule has 0 aliphatic carbocycles. The molecule has 0 radical (unpaired) electrons. The van der Waals surface area contributed by atoms with Crippen molar-refractivity contribution in [3.8, 4) is 11.3 Å². The van der Waals surface area contributed by atoms with E-state index in [2.05, 4.69) is 20.6 Å². The molecule has 1 heterocycles. The molecule has 0 saturated heterocycles. The summed E-state index contributed by atoms with van der Waals surface area (Å²) in [6.45, 7) is 1.28. The zero-order valence-corrected chi connectivity index (χ0v) is 11.6. The van der Waals surface area contributed by atoms with Crippen LogP contribution < -0.4 is 10.6 Å². The number of carbonyl (C=O) groups excluding carboxylic acids is 1. The number of rotatable bonds is 7. The lowest BCUT2D eigenvalue weighted by Crippen LogP contribution is -2.16. The molecule has 2 aromatic rings. The summed E-state index contributed by atoms with van der Waals surface area (Å²) < 4.78 is 0. The predicted octanol–water partition coefficient (Wildman–Crippen LogP) is 2.34. The van der Waals surface area contributed by atoms with Gasteiger partial charge in [-0.15, -0.1) is 0 Å². The zero-order valence-electron chi connectivity index (χ0n) is 10.8. The van der Waals surface area contributed by atoms with E-state index in [1.807, 2.05) is 30.3 Å². The number of hydrogen-bond acceptors (Lipinski definition) is 4. The molecule has 6 heteroatoms. The summed E-state index contributed by atoms with van der Waals surface area (Å²) in [5, 5.41) is 6.08. The van der Waals surface area contributed by atoms with Crippen LogP contribution in [0.25, 0.3) is 11.3 Å². The minimum Gasteiger partial charge on any atom is -0.359 e. The van der Waals surface area contributed by atoms with Crippen molar-refractivity contribution in [2.24, 2.45) is 0 Å². The fraction of sp³-hybridized carbons (Fsp3) is 0.214. The van der Waals surface area contributed by atoms with Gasteiger partial charge in [-0.3, -0.25) is 4.79 Å². The number of hydrogen-bond donors (Lipinski definition) is 2. The van der Waals surface area contributed by atoms with Gasteiger partial charge >= 0.3 is 0 Å². The van der Waals surface area contributed by atoms with Crippen LogP contribution in [0.1, 0.15) is 6.42 Å². The van der Waals surface area contributed by atoms with Crippen molar-refractivity contribution in [3.63, 3.8) is 0 Å². The lowest BCUT2D eigenvalue weighted by Gasteiger charge is -2.07. The van der Waals surface area contributed by atoms with E-state index in [4.69, 9.17) is 11.6 Å². The Morgan fingerprint density at radius 1 is 1.15 bits per heavy atom. The molecule has 0 unspecified atom stereocenters. The molecular weight excluding hydrogens is 276 g/mol. The van der Waals surface area contributed by atoms with Gasteiger partial charge in [0.25, 0.3) is 0 Å². The maximum Gasteiger partial charge on any atom is 0.224 e. The molecule has 0 bridgehead atoms. The molecule has 0 atom stereocenters. The Morgan fingerprint density at radius 2 is 1.95 bits per heavy atom. The third kappa shape index (κ3) is 4.20. The molecule has 0 spiro atoms. The van der Waals surface area contributed by atoms with Crippen LogP contribution in [0.4, 0.5) is 5.95 Å². The first-order chi connectivity index (χ1) is 9.79. The number of anilines is 1. The van der Waals surface area contributed by atoms with Gasteiger partial charge < -0.3 is 10.6 Å². The third-order valence-corrected chi connectivity index (χ3v) is 2.82. The molecule has 1 aromatic carbocycles. The van der Waals surface area contributed by atoms with Gasteiger partial charge in [-0.2, -0.15) is 0 Å². The molecule has 5 nitrogen and oxygen atoms in total. The van der Waals surface area contributed by atoms with E-state index in [9.17, 15) is 4.79 Å². The fourth-order valence-corrected chi connectivity index (χ4v) is 1.89. The third-order valence-electron chi connectivity index (χ3n) is 2.63. The first kappa shape index (κ1) is 14.3. The zero-order chi connectivity index (χ0) is 14.2. The van der Waals surface area contributed by atoms with Crippen LogP contribution in [-0.2, 0) is 4.79 Å². The molecule has 2 rings (SSSR count). The second-order valence-electron chi connectivity index (χ2n) is 4.12. The van der Waals surface area contributed by atoms with Gasteiger partial charge in [0.15, 0.2) is 0 Å². The van der Waals surface area contributed by atoms with E-state index in [0.29, 0.717) is 30.6 Å². The highest BCUT2D eigenvalue weighted by Gasteiger charge is 2.04. The van der Waals surface area contributed by atoms with Gasteiger partial charge in [0.05, 0.1) is 5.69 Å². The van der Waals surface area contributed by atoms with E-state index in [1.165, 1.54) is 0 Å². The van der Waals surface area contributed by atoms with Crippen LogP contribution in [0.2, 0.25) is 5.15 Å². The van der Waals surface area contributed by atoms with E-state index >= 15 is 0 Å². The van der Waals surface area contributed by atoms with Crippen molar-refractivity contribution < 1.29 is 4.79 Å². The minimum absolute atomic E-state index is 0.396. The smallest absolute Gasteiger partial charge is 0.224 e. The highest BCUT2D eigenvalue weighted by Crippen LogP contribution is 2.20. The van der Waals surface area contributed by atoms with Gasteiger partial charge in [0.1, 0.15) is 5.15 Å². The first-order valence-electron chi connectivity index (χ1n) is 6.30. The number of nitrogens with zero attached hydrogens (tertiary/aromatic N) is 2. The summed E-state index contributed by atoms with van der Waals surface area (Å²) in [7, 11) is 0. The molecule has 1 amide bonds. The number of nitrogens with one attached hydrogen (secondary N) is 2. The van der Waals surface area contributed by atoms with E-state index in [1.54, 1.807) is 6.07 Å². The number of benzene rings is 1. The van der Waals surface area contributed by atoms with Crippen molar-refractivity contribution in [1.29, 1.82) is 0 Å². The average molecular weight is 291 g/mol. The molecule has 0 fully saturated rings. The summed E-state index contributed by atoms with van der Waals surface area (Å²) in [4.78, 5) is 18.7. The molecular formula is C14H15ClN4O. The highest BCUT2D eigenvalue weighted by molar-refractivity contribution is 6.29. The van der Waals surface area contributed by atoms with Gasteiger partial charge in [-0.25, -0.2) is 9.97 Å². The minimum atomic E-state index is 0.396. The first-order valence-corrected chi connectivity index (χ1v) is 6.68. The largest absolute Gasteiger partial charge is 0.359 e. The van der Waals surface area contributed by atoms with Crippen LogP contribution in [-0.4, -0.2) is 29.5 Å². The van der Waals surface area contributed by atoms with Crippen molar-refractivity contribution >= 4 is 24.0 Å². The van der Waals surface area contributed by atoms with Gasteiger partial charge in [-0.1, -0.05) is 41.9 Å². The number of amides is 1. The number of halogens is 1. The standard InChI is InChI=1S/C14H15ClN4O/c15-13-9-12(11-5-2-1-3-6-11)18-14(19-13)17-8-4-7-16-10-20/h1-3,5-6,9-10H,4,7-8H2,(H,16,20)(H,17,18,19). The molecule has 2 N–H and O–H groups in total. The second-order valence-corrected chi connectivity index (χ2v) is 4.51. The fourth-order valence-electron chi connectivity index (χ4n) is 1.70. The van der Waals surface area contributed by atoms with Gasteiger partial charge in [0.2, 0.25) is 12.4 Å². The Labute approximate surface area is 122 Å². The predicted molar refractivity (Wildman–Crippen MR) is 79.7 cm³/mol. The van der Waals surface area contributed by atoms with E-state index in [-0.39, 0.29) is 0 Å². The molecule has 104 valence electrons. The summed E-state index contributed by atoms with van der Waals surface area (Å²) in [6.07, 6.45) is 1.47. The Kier molecular flexibility index (Phi) is 5.32. The van der Waals surface area contributed by atoms with Crippen LogP contribution in [0, 0.1) is 0 Å². The van der Waals surface area contributed by atoms with Crippen LogP contribution in [0.15, 0.2) is 36.4 Å². The lowest BCUT2D eigenvalue weighted by atomic mass is 10.1. The van der Waals surface area contributed by atoms with E-state index in [0.717, 1.165) is 17.7 Å². The molecule has 0 aliphatic heterocycles. The lowest BCUT2D eigenvalue weighted by molar-refractivity contribution is -0.109. The van der Waals surface area contributed by atoms with Crippen molar-refractivity contribution in [2.75, 3.05) is 18.4 Å². The number of carbonyl (C=O) groups is 1. The quantitative estimate of drug-likeness (QED) is 0.467. The SMILES string of the molecule is O=CNCCCNc1nc(Cl)cc(-c2ccccc2)n1. The molecule has 0 aliphatic rings. The summed E-state index contributed by atoms with van der Waals surface area (Å²) in [5.74, 6) is 0.488. The Bertz CT molecular complexity index is 562. The normalized spacial score (nSPS) is 10.1. The molecule has 1 aromatic heterocycles. The van der Waals surface area contributed by atoms with Gasteiger partial charge in [-0.05, 0) is 6.42 Å². The van der Waals surface area contributed by atoms with Crippen molar-refractivity contribution in [2.45, 2.75) is 6.42 Å². The molecule has 0 saturated carbocycles. The topological polar surface area (TPSA) is 66.9 Å². The Hall–Kier alpha value is -2.14. The Balaban J connectivity index is 2.03. The van der Waals surface area contributed by atoms with Crippen LogP contribution in [0.5, 0.6) is 0 Å². The Morgan fingerprint density at radius 3 is 2.70 bits per heavy atom. The summed E-state index contributed by atoms with van der Waals surface area (Å²) in [6, 6.07) is 11.5. The maximum absolute atomic E-state index is 10.1. The van der Waals surface area contributed by atoms with Crippen molar-refractivity contribution in [3.05, 3.63) is 41.6 Å². The van der Waals surface area contributed by atoms with Gasteiger partial charge in [0, 0.05) is 24.7 Å². The maximum atomic E-state index is 10.1. The van der Waals surface area contributed by atoms with Crippen molar-refractivity contribution in [1.82, 2.24) is 15.3 Å². The summed E-state index contributed by atoms with van der Waals surface area (Å²) >= 11 is 6.01. The average Bonchev–Trinajstić information content (AvgIpc) is 2.47. The second kappa shape index (κ2) is 7.45. The van der Waals surface area contributed by atoms with Crippen LogP contribution >= 0.6 is 11.6 Å². The monoisotopic (exact) mass is 290 g/mol. The van der Waals surface area contributed by atoms with E-state index < -0.39 is 0 Å². The summed E-state index contributed by atoms with van der Waals surface area (Å²) in [5.41, 5.74) is 1.77. The van der Waals surface area contributed by atoms with Crippen LogP contribution in [0.3, 0.4) is 0 Å². The molecule has 20 heavy (non-hydrogen) atoms.